The van der Waals surface area contributed by atoms with E-state index in [1.165, 1.54) is 21.5 Å². The molecule has 0 bridgehead atoms. The minimum absolute atomic E-state index is 0.106. The maximum atomic E-state index is 12.9. The molecule has 1 saturated heterocycles. The smallest absolute Gasteiger partial charge is 0.278 e. The molecule has 1 aliphatic carbocycles. The average molecular weight is 451 g/mol. The lowest BCUT2D eigenvalue weighted by Crippen LogP contribution is -2.28. The number of rotatable bonds is 4. The number of hydrogen-bond acceptors (Lipinski definition) is 7. The van der Waals surface area contributed by atoms with Crippen LogP contribution in [-0.2, 0) is 13.6 Å². The summed E-state index contributed by atoms with van der Waals surface area (Å²) < 4.78 is 8.12. The Morgan fingerprint density at radius 3 is 2.75 bits per heavy atom. The molecule has 3 atom stereocenters. The number of halogens is 1. The van der Waals surface area contributed by atoms with E-state index in [4.69, 9.17) is 16.1 Å². The van der Waals surface area contributed by atoms with Crippen molar-refractivity contribution in [1.82, 2.24) is 24.3 Å². The molecule has 1 saturated carbocycles. The van der Waals surface area contributed by atoms with Gasteiger partial charge in [-0.05, 0) is 36.1 Å². The molecule has 0 radical (unpaired) electrons. The summed E-state index contributed by atoms with van der Waals surface area (Å²) in [6.45, 7) is 1.97. The van der Waals surface area contributed by atoms with Crippen molar-refractivity contribution in [2.45, 2.75) is 12.5 Å². The van der Waals surface area contributed by atoms with Gasteiger partial charge in [0.05, 0.1) is 11.8 Å². The summed E-state index contributed by atoms with van der Waals surface area (Å²) in [7, 11) is 1.56. The first-order valence-corrected chi connectivity index (χ1v) is 10.8. The molecule has 1 aliphatic heterocycles. The molecule has 0 amide bonds. The summed E-state index contributed by atoms with van der Waals surface area (Å²) >= 11 is 6.12. The SMILES string of the molecule is Cn1c(=O)ccc2ncn(Cc3nc(C4[C@H]5CN(c6cccc(Cl)c6)C[C@@H]45)no3)c(=O)c21. The highest BCUT2D eigenvalue weighted by atomic mass is 35.5. The van der Waals surface area contributed by atoms with E-state index in [0.717, 1.165) is 23.8 Å². The van der Waals surface area contributed by atoms with Crippen molar-refractivity contribution in [2.24, 2.45) is 18.9 Å². The molecular weight excluding hydrogens is 432 g/mol. The van der Waals surface area contributed by atoms with E-state index in [2.05, 4.69) is 26.1 Å². The molecule has 4 aromatic rings. The first-order valence-electron chi connectivity index (χ1n) is 10.4. The van der Waals surface area contributed by atoms with Crippen LogP contribution in [0, 0.1) is 11.8 Å². The van der Waals surface area contributed by atoms with Gasteiger partial charge in [0.25, 0.3) is 11.1 Å². The van der Waals surface area contributed by atoms with E-state index in [1.807, 2.05) is 18.2 Å². The van der Waals surface area contributed by atoms with Gasteiger partial charge in [-0.25, -0.2) is 4.98 Å². The number of anilines is 1. The Morgan fingerprint density at radius 1 is 1.16 bits per heavy atom. The monoisotopic (exact) mass is 450 g/mol. The second-order valence-corrected chi connectivity index (χ2v) is 8.86. The van der Waals surface area contributed by atoms with Crippen molar-refractivity contribution < 1.29 is 4.52 Å². The van der Waals surface area contributed by atoms with Gasteiger partial charge < -0.3 is 14.0 Å². The Kier molecular flexibility index (Phi) is 4.23. The van der Waals surface area contributed by atoms with E-state index in [1.54, 1.807) is 13.1 Å². The third-order valence-corrected chi connectivity index (χ3v) is 6.78. The average Bonchev–Trinajstić information content (AvgIpc) is 3.12. The van der Waals surface area contributed by atoms with Gasteiger partial charge >= 0.3 is 0 Å². The molecule has 2 fully saturated rings. The fraction of sp³-hybridized carbons (Fsp3) is 0.318. The van der Waals surface area contributed by atoms with Crippen LogP contribution in [0.1, 0.15) is 17.6 Å². The largest absolute Gasteiger partial charge is 0.371 e. The fourth-order valence-electron chi connectivity index (χ4n) is 4.82. The van der Waals surface area contributed by atoms with Gasteiger partial charge in [-0.15, -0.1) is 0 Å². The summed E-state index contributed by atoms with van der Waals surface area (Å²) in [5.41, 5.74) is 1.26. The third kappa shape index (κ3) is 3.03. The summed E-state index contributed by atoms with van der Waals surface area (Å²) in [6.07, 6.45) is 1.44. The molecule has 0 spiro atoms. The normalized spacial score (nSPS) is 21.8. The number of fused-ring (bicyclic) bond motifs is 2. The molecule has 1 unspecified atom stereocenters. The number of hydrogen-bond donors (Lipinski definition) is 0. The van der Waals surface area contributed by atoms with Crippen LogP contribution >= 0.6 is 11.6 Å². The van der Waals surface area contributed by atoms with Gasteiger partial charge in [-0.3, -0.25) is 14.2 Å². The predicted octanol–water partition coefficient (Wildman–Crippen LogP) is 2.03. The van der Waals surface area contributed by atoms with Crippen LogP contribution in [-0.4, -0.2) is 37.3 Å². The van der Waals surface area contributed by atoms with Gasteiger partial charge in [0.1, 0.15) is 12.1 Å². The molecule has 6 rings (SSSR count). The highest BCUT2D eigenvalue weighted by Gasteiger charge is 2.58. The van der Waals surface area contributed by atoms with Crippen LogP contribution in [0.15, 0.2) is 56.8 Å². The number of piperidine rings is 1. The maximum Gasteiger partial charge on any atom is 0.278 e. The third-order valence-electron chi connectivity index (χ3n) is 6.55. The minimum atomic E-state index is -0.324. The van der Waals surface area contributed by atoms with Gasteiger partial charge in [0, 0.05) is 42.8 Å². The molecule has 9 nitrogen and oxygen atoms in total. The minimum Gasteiger partial charge on any atom is -0.371 e. The molecule has 2 aliphatic rings. The Hall–Kier alpha value is -3.46. The Bertz CT molecular complexity index is 1460. The summed E-state index contributed by atoms with van der Waals surface area (Å²) in [4.78, 5) is 35.9. The first kappa shape index (κ1) is 19.2. The molecule has 1 aromatic carbocycles. The Morgan fingerprint density at radius 2 is 1.97 bits per heavy atom. The molecular formula is C22H19ClN6O3. The van der Waals surface area contributed by atoms with Crippen molar-refractivity contribution >= 4 is 28.3 Å². The highest BCUT2D eigenvalue weighted by Crippen LogP contribution is 2.57. The lowest BCUT2D eigenvalue weighted by molar-refractivity contribution is 0.363. The Balaban J connectivity index is 1.19. The summed E-state index contributed by atoms with van der Waals surface area (Å²) in [5.74, 6) is 2.28. The van der Waals surface area contributed by atoms with Crippen LogP contribution < -0.4 is 16.0 Å². The highest BCUT2D eigenvalue weighted by molar-refractivity contribution is 6.30. The van der Waals surface area contributed by atoms with E-state index in [9.17, 15) is 9.59 Å². The molecule has 0 N–H and O–H groups in total. The maximum absolute atomic E-state index is 12.9. The van der Waals surface area contributed by atoms with Gasteiger partial charge in [0.15, 0.2) is 5.82 Å². The van der Waals surface area contributed by atoms with Crippen LogP contribution in [0.25, 0.3) is 11.0 Å². The van der Waals surface area contributed by atoms with Crippen molar-refractivity contribution in [3.8, 4) is 0 Å². The Labute approximate surface area is 186 Å². The van der Waals surface area contributed by atoms with Crippen LogP contribution in [0.3, 0.4) is 0 Å². The number of aryl methyl sites for hydroxylation is 1. The molecule has 10 heteroatoms. The zero-order chi connectivity index (χ0) is 22.0. The van der Waals surface area contributed by atoms with Crippen LogP contribution in [0.4, 0.5) is 5.69 Å². The van der Waals surface area contributed by atoms with Gasteiger partial charge in [-0.1, -0.05) is 22.8 Å². The summed E-state index contributed by atoms with van der Waals surface area (Å²) in [6, 6.07) is 10.8. The van der Waals surface area contributed by atoms with Crippen molar-refractivity contribution in [3.63, 3.8) is 0 Å². The molecule has 162 valence electrons. The van der Waals surface area contributed by atoms with E-state index in [-0.39, 0.29) is 29.1 Å². The van der Waals surface area contributed by atoms with E-state index < -0.39 is 0 Å². The van der Waals surface area contributed by atoms with Crippen molar-refractivity contribution in [3.05, 3.63) is 80.2 Å². The van der Waals surface area contributed by atoms with Gasteiger partial charge in [-0.2, -0.15) is 4.98 Å². The topological polar surface area (TPSA) is 99.1 Å². The predicted molar refractivity (Wildman–Crippen MR) is 118 cm³/mol. The van der Waals surface area contributed by atoms with E-state index in [0.29, 0.717) is 29.1 Å². The second kappa shape index (κ2) is 7.03. The fourth-order valence-corrected chi connectivity index (χ4v) is 5.00. The van der Waals surface area contributed by atoms with Gasteiger partial charge in [0.2, 0.25) is 5.89 Å². The molecule has 32 heavy (non-hydrogen) atoms. The van der Waals surface area contributed by atoms with Crippen LogP contribution in [0.5, 0.6) is 0 Å². The quantitative estimate of drug-likeness (QED) is 0.469. The lowest BCUT2D eigenvalue weighted by atomic mass is 10.2. The standard InChI is InChI=1S/C22H19ClN6O3/c1-27-18(30)6-5-16-20(27)22(31)29(11-24-16)10-17-25-21(26-32-17)19-14-8-28(9-15(14)19)13-4-2-3-12(23)7-13/h2-7,11,14-15,19H,8-10H2,1H3/t14-,15+,19?. The zero-order valence-corrected chi connectivity index (χ0v) is 17.9. The number of nitrogens with zero attached hydrogens (tertiary/aromatic N) is 6. The van der Waals surface area contributed by atoms with Crippen molar-refractivity contribution in [2.75, 3.05) is 18.0 Å². The first-order chi connectivity index (χ1) is 15.5. The number of pyridine rings is 1. The number of aromatic nitrogens is 5. The number of benzene rings is 1. The lowest BCUT2D eigenvalue weighted by Gasteiger charge is -2.21. The zero-order valence-electron chi connectivity index (χ0n) is 17.2. The van der Waals surface area contributed by atoms with Crippen LogP contribution in [0.2, 0.25) is 5.02 Å². The molecule has 4 heterocycles. The second-order valence-electron chi connectivity index (χ2n) is 8.43. The molecule has 3 aromatic heterocycles. The summed E-state index contributed by atoms with van der Waals surface area (Å²) in [5, 5.41) is 4.91. The van der Waals surface area contributed by atoms with E-state index >= 15 is 0 Å². The van der Waals surface area contributed by atoms with Crippen molar-refractivity contribution in [1.29, 1.82) is 0 Å².